The molecule has 0 unspecified atom stereocenters. The molecule has 0 atom stereocenters. The number of thiocarbonyl (C=S) groups is 1. The Morgan fingerprint density at radius 2 is 2.03 bits per heavy atom. The summed E-state index contributed by atoms with van der Waals surface area (Å²) in [6.45, 7) is 8.46. The zero-order valence-electron chi connectivity index (χ0n) is 16.2. The molecule has 5 nitrogen and oxygen atoms in total. The smallest absolute Gasteiger partial charge is 0.266 e. The first-order chi connectivity index (χ1) is 14.0. The second-order valence-electron chi connectivity index (χ2n) is 7.08. The van der Waals surface area contributed by atoms with Gasteiger partial charge in [-0.05, 0) is 12.0 Å². The molecule has 0 N–H and O–H groups in total. The molecule has 3 heterocycles. The lowest BCUT2D eigenvalue weighted by molar-refractivity contribution is -0.121. The zero-order chi connectivity index (χ0) is 20.5. The predicted molar refractivity (Wildman–Crippen MR) is 125 cm³/mol. The maximum Gasteiger partial charge on any atom is 0.266 e. The van der Waals surface area contributed by atoms with Crippen molar-refractivity contribution >= 4 is 56.6 Å². The van der Waals surface area contributed by atoms with Crippen molar-refractivity contribution in [3.8, 4) is 11.3 Å². The SMILES string of the molecule is C=CCN1C(=O)/C(=C/c2c(-c3ccccc3)nc3sc(CC(C)C)nn23)SC1=S. The van der Waals surface area contributed by atoms with E-state index in [9.17, 15) is 4.79 Å². The van der Waals surface area contributed by atoms with Crippen LogP contribution in [0, 0.1) is 5.92 Å². The Labute approximate surface area is 183 Å². The van der Waals surface area contributed by atoms with Crippen molar-refractivity contribution in [1.29, 1.82) is 0 Å². The maximum absolute atomic E-state index is 12.8. The van der Waals surface area contributed by atoms with Gasteiger partial charge in [-0.25, -0.2) is 9.50 Å². The van der Waals surface area contributed by atoms with E-state index in [4.69, 9.17) is 22.3 Å². The van der Waals surface area contributed by atoms with Gasteiger partial charge in [0.2, 0.25) is 4.96 Å². The maximum atomic E-state index is 12.8. The van der Waals surface area contributed by atoms with Crippen LogP contribution in [0.4, 0.5) is 0 Å². The molecule has 1 aliphatic rings. The standard InChI is InChI=1S/C21H20N4OS3/c1-4-10-24-19(26)16(28-21(24)27)12-15-18(14-8-6-5-7-9-14)22-20-25(15)23-17(29-20)11-13(2)3/h4-9,12-13H,1,10-11H2,2-3H3/b16-12-. The number of hydrogen-bond acceptors (Lipinski definition) is 6. The van der Waals surface area contributed by atoms with Crippen molar-refractivity contribution in [2.45, 2.75) is 20.3 Å². The minimum Gasteiger partial charge on any atom is -0.289 e. The highest BCUT2D eigenvalue weighted by Crippen LogP contribution is 2.35. The highest BCUT2D eigenvalue weighted by molar-refractivity contribution is 8.26. The molecular weight excluding hydrogens is 420 g/mol. The molecule has 1 amide bonds. The molecule has 4 rings (SSSR count). The number of imidazole rings is 1. The van der Waals surface area contributed by atoms with Gasteiger partial charge >= 0.3 is 0 Å². The molecular formula is C21H20N4OS3. The van der Waals surface area contributed by atoms with E-state index in [0.29, 0.717) is 21.7 Å². The van der Waals surface area contributed by atoms with Crippen molar-refractivity contribution in [3.63, 3.8) is 0 Å². The van der Waals surface area contributed by atoms with E-state index in [2.05, 4.69) is 20.4 Å². The first kappa shape index (κ1) is 20.0. The number of carbonyl (C=O) groups excluding carboxylic acids is 1. The molecule has 0 saturated carbocycles. The molecule has 1 aliphatic heterocycles. The summed E-state index contributed by atoms with van der Waals surface area (Å²) in [5.74, 6) is 0.407. The molecule has 29 heavy (non-hydrogen) atoms. The number of rotatable bonds is 6. The third-order valence-corrected chi connectivity index (χ3v) is 6.67. The zero-order valence-corrected chi connectivity index (χ0v) is 18.6. The summed E-state index contributed by atoms with van der Waals surface area (Å²) in [6, 6.07) is 9.96. The van der Waals surface area contributed by atoms with E-state index < -0.39 is 0 Å². The molecule has 0 spiro atoms. The van der Waals surface area contributed by atoms with Gasteiger partial charge in [0.15, 0.2) is 0 Å². The van der Waals surface area contributed by atoms with Crippen LogP contribution < -0.4 is 0 Å². The molecule has 148 valence electrons. The quantitative estimate of drug-likeness (QED) is 0.305. The Morgan fingerprint density at radius 3 is 2.72 bits per heavy atom. The molecule has 8 heteroatoms. The van der Waals surface area contributed by atoms with Gasteiger partial charge in [0.25, 0.3) is 5.91 Å². The van der Waals surface area contributed by atoms with Crippen molar-refractivity contribution in [1.82, 2.24) is 19.5 Å². The van der Waals surface area contributed by atoms with Gasteiger partial charge in [-0.1, -0.05) is 85.6 Å². The molecule has 0 bridgehead atoms. The van der Waals surface area contributed by atoms with Gasteiger partial charge in [-0.15, -0.1) is 6.58 Å². The van der Waals surface area contributed by atoms with E-state index in [0.717, 1.165) is 33.3 Å². The first-order valence-corrected chi connectivity index (χ1v) is 11.3. The summed E-state index contributed by atoms with van der Waals surface area (Å²) >= 11 is 8.27. The molecule has 1 fully saturated rings. The number of hydrogen-bond donors (Lipinski definition) is 0. The first-order valence-electron chi connectivity index (χ1n) is 9.28. The number of amides is 1. The Balaban J connectivity index is 1.84. The number of benzene rings is 1. The summed E-state index contributed by atoms with van der Waals surface area (Å²) in [6.07, 6.45) is 4.44. The van der Waals surface area contributed by atoms with Gasteiger partial charge in [-0.2, -0.15) is 5.10 Å². The topological polar surface area (TPSA) is 50.5 Å². The average molecular weight is 441 g/mol. The van der Waals surface area contributed by atoms with Crippen LogP contribution in [0.25, 0.3) is 22.3 Å². The summed E-state index contributed by atoms with van der Waals surface area (Å²) in [7, 11) is 0. The van der Waals surface area contributed by atoms with Crippen LogP contribution in [0.15, 0.2) is 47.9 Å². The van der Waals surface area contributed by atoms with Crippen LogP contribution in [-0.4, -0.2) is 36.3 Å². The molecule has 1 saturated heterocycles. The lowest BCUT2D eigenvalue weighted by Crippen LogP contribution is -2.27. The lowest BCUT2D eigenvalue weighted by Gasteiger charge is -2.10. The Bertz CT molecular complexity index is 1130. The largest absolute Gasteiger partial charge is 0.289 e. The van der Waals surface area contributed by atoms with Gasteiger partial charge in [0, 0.05) is 18.5 Å². The number of aromatic nitrogens is 3. The highest BCUT2D eigenvalue weighted by atomic mass is 32.2. The van der Waals surface area contributed by atoms with Crippen LogP contribution in [0.1, 0.15) is 24.5 Å². The fourth-order valence-electron chi connectivity index (χ4n) is 3.08. The molecule has 3 aromatic rings. The average Bonchev–Trinajstić information content (AvgIpc) is 3.30. The van der Waals surface area contributed by atoms with E-state index in [1.807, 2.05) is 40.9 Å². The van der Waals surface area contributed by atoms with E-state index in [1.165, 1.54) is 11.8 Å². The van der Waals surface area contributed by atoms with Crippen molar-refractivity contribution in [2.24, 2.45) is 5.92 Å². The number of carbonyl (C=O) groups is 1. The Morgan fingerprint density at radius 1 is 1.28 bits per heavy atom. The van der Waals surface area contributed by atoms with Crippen LogP contribution >= 0.6 is 35.3 Å². The van der Waals surface area contributed by atoms with Crippen LogP contribution in [0.2, 0.25) is 0 Å². The molecule has 2 aromatic heterocycles. The highest BCUT2D eigenvalue weighted by Gasteiger charge is 2.32. The number of nitrogens with zero attached hydrogens (tertiary/aromatic N) is 4. The lowest BCUT2D eigenvalue weighted by atomic mass is 10.1. The predicted octanol–water partition coefficient (Wildman–Crippen LogP) is 5.04. The van der Waals surface area contributed by atoms with E-state index in [1.54, 1.807) is 22.3 Å². The molecule has 0 aliphatic carbocycles. The third-order valence-electron chi connectivity index (χ3n) is 4.36. The second-order valence-corrected chi connectivity index (χ2v) is 9.80. The summed E-state index contributed by atoms with van der Waals surface area (Å²) in [5.41, 5.74) is 2.61. The van der Waals surface area contributed by atoms with Crippen molar-refractivity contribution in [3.05, 3.63) is 58.6 Å². The fourth-order valence-corrected chi connectivity index (χ4v) is 5.45. The monoisotopic (exact) mass is 440 g/mol. The third kappa shape index (κ3) is 3.92. The van der Waals surface area contributed by atoms with Gasteiger partial charge < -0.3 is 0 Å². The normalized spacial score (nSPS) is 16.0. The minimum atomic E-state index is -0.105. The Kier molecular flexibility index (Phi) is 5.67. The van der Waals surface area contributed by atoms with Gasteiger partial charge in [-0.3, -0.25) is 9.69 Å². The Hall–Kier alpha value is -2.29. The van der Waals surface area contributed by atoms with Crippen molar-refractivity contribution in [2.75, 3.05) is 6.54 Å². The van der Waals surface area contributed by atoms with Crippen LogP contribution in [0.3, 0.4) is 0 Å². The van der Waals surface area contributed by atoms with Crippen LogP contribution in [0.5, 0.6) is 0 Å². The van der Waals surface area contributed by atoms with E-state index in [-0.39, 0.29) is 5.91 Å². The summed E-state index contributed by atoms with van der Waals surface area (Å²) in [5, 5.41) is 5.82. The van der Waals surface area contributed by atoms with Gasteiger partial charge in [0.05, 0.1) is 16.3 Å². The molecule has 0 radical (unpaired) electrons. The van der Waals surface area contributed by atoms with Gasteiger partial charge in [0.1, 0.15) is 9.33 Å². The summed E-state index contributed by atoms with van der Waals surface area (Å²) < 4.78 is 2.40. The van der Waals surface area contributed by atoms with Crippen molar-refractivity contribution < 1.29 is 4.79 Å². The van der Waals surface area contributed by atoms with E-state index >= 15 is 0 Å². The summed E-state index contributed by atoms with van der Waals surface area (Å²) in [4.78, 5) is 20.6. The van der Waals surface area contributed by atoms with Crippen LogP contribution in [-0.2, 0) is 11.2 Å². The minimum absolute atomic E-state index is 0.105. The second kappa shape index (κ2) is 8.22. The fraction of sp³-hybridized carbons (Fsp3) is 0.238. The number of thioether (sulfide) groups is 1. The molecule has 1 aromatic carbocycles. The number of fused-ring (bicyclic) bond motifs is 1.